The first-order chi connectivity index (χ1) is 8.54. The second kappa shape index (κ2) is 5.17. The summed E-state index contributed by atoms with van der Waals surface area (Å²) in [7, 11) is -4.43. The lowest BCUT2D eigenvalue weighted by atomic mass is 10.2. The van der Waals surface area contributed by atoms with Gasteiger partial charge in [0.15, 0.2) is 18.2 Å². The molecule has 18 heavy (non-hydrogen) atoms. The van der Waals surface area contributed by atoms with E-state index in [4.69, 9.17) is 4.55 Å². The van der Waals surface area contributed by atoms with Gasteiger partial charge >= 0.3 is 10.4 Å². The fourth-order valence-corrected chi connectivity index (χ4v) is 1.52. The quantitative estimate of drug-likeness (QED) is 0.629. The monoisotopic (exact) mass is 268 g/mol. The van der Waals surface area contributed by atoms with E-state index in [0.29, 0.717) is 5.82 Å². The molecule has 0 spiro atoms. The molecule has 2 aromatic heterocycles. The van der Waals surface area contributed by atoms with Gasteiger partial charge in [0.2, 0.25) is 0 Å². The molecular formula is C10H10N3O4S+. The lowest BCUT2D eigenvalue weighted by Gasteiger charge is -1.99. The Morgan fingerprint density at radius 1 is 1.22 bits per heavy atom. The van der Waals surface area contributed by atoms with Crippen molar-refractivity contribution in [2.24, 2.45) is 0 Å². The van der Waals surface area contributed by atoms with Crippen molar-refractivity contribution < 1.29 is 21.7 Å². The number of pyridine rings is 1. The molecular weight excluding hydrogens is 258 g/mol. The minimum Gasteiger partial charge on any atom is -0.263 e. The highest BCUT2D eigenvalue weighted by molar-refractivity contribution is 7.80. The Morgan fingerprint density at radius 3 is 2.39 bits per heavy atom. The lowest BCUT2D eigenvalue weighted by molar-refractivity contribution is -0.724. The zero-order valence-electron chi connectivity index (χ0n) is 9.17. The van der Waals surface area contributed by atoms with Crippen LogP contribution >= 0.6 is 0 Å². The highest BCUT2D eigenvalue weighted by atomic mass is 32.3. The smallest absolute Gasteiger partial charge is 0.263 e. The van der Waals surface area contributed by atoms with Crippen molar-refractivity contribution in [1.29, 1.82) is 0 Å². The molecule has 0 atom stereocenters. The minimum atomic E-state index is -4.43. The van der Waals surface area contributed by atoms with Crippen LogP contribution < -0.4 is 4.57 Å². The van der Waals surface area contributed by atoms with Crippen LogP contribution in [-0.2, 0) is 21.3 Å². The van der Waals surface area contributed by atoms with Crippen molar-refractivity contribution in [1.82, 2.24) is 9.97 Å². The molecule has 0 saturated carbocycles. The van der Waals surface area contributed by atoms with Gasteiger partial charge in [-0.2, -0.15) is 17.2 Å². The number of rotatable bonds is 4. The highest BCUT2D eigenvalue weighted by Gasteiger charge is 2.09. The molecule has 2 rings (SSSR count). The fraction of sp³-hybridized carbons (Fsp3) is 0.100. The van der Waals surface area contributed by atoms with Gasteiger partial charge in [-0.1, -0.05) is 0 Å². The molecule has 8 heteroatoms. The average Bonchev–Trinajstić information content (AvgIpc) is 2.37. The van der Waals surface area contributed by atoms with Crippen LogP contribution in [0.1, 0.15) is 0 Å². The van der Waals surface area contributed by atoms with Gasteiger partial charge < -0.3 is 0 Å². The maximum absolute atomic E-state index is 10.4. The van der Waals surface area contributed by atoms with E-state index < -0.39 is 10.4 Å². The number of hydrogen-bond donors (Lipinski definition) is 1. The van der Waals surface area contributed by atoms with Gasteiger partial charge in [-0.25, -0.2) is 9.97 Å². The van der Waals surface area contributed by atoms with Crippen molar-refractivity contribution >= 4 is 10.4 Å². The summed E-state index contributed by atoms with van der Waals surface area (Å²) in [6, 6.07) is 5.14. The number of aromatic nitrogens is 3. The first kappa shape index (κ1) is 12.6. The van der Waals surface area contributed by atoms with E-state index in [1.165, 1.54) is 4.57 Å². The van der Waals surface area contributed by atoms with E-state index in [-0.39, 0.29) is 6.73 Å². The summed E-state index contributed by atoms with van der Waals surface area (Å²) in [5, 5.41) is 0. The molecule has 0 unspecified atom stereocenters. The van der Waals surface area contributed by atoms with Gasteiger partial charge in [0.1, 0.15) is 0 Å². The lowest BCUT2D eigenvalue weighted by Crippen LogP contribution is -2.35. The molecule has 0 amide bonds. The van der Waals surface area contributed by atoms with E-state index in [1.54, 1.807) is 43.0 Å². The second-order valence-corrected chi connectivity index (χ2v) is 4.44. The van der Waals surface area contributed by atoms with Crippen molar-refractivity contribution in [2.45, 2.75) is 6.73 Å². The van der Waals surface area contributed by atoms with Crippen LogP contribution in [0, 0.1) is 0 Å². The summed E-state index contributed by atoms with van der Waals surface area (Å²) < 4.78 is 34.9. The summed E-state index contributed by atoms with van der Waals surface area (Å²) in [6.07, 6.45) is 6.45. The predicted octanol–water partition coefficient (Wildman–Crippen LogP) is 0.208. The van der Waals surface area contributed by atoms with Gasteiger partial charge in [-0.05, 0) is 6.07 Å². The summed E-state index contributed by atoms with van der Waals surface area (Å²) >= 11 is 0. The Morgan fingerprint density at radius 2 is 1.83 bits per heavy atom. The molecule has 1 N–H and O–H groups in total. The Labute approximate surface area is 104 Å². The van der Waals surface area contributed by atoms with E-state index in [0.717, 1.165) is 5.56 Å². The van der Waals surface area contributed by atoms with Crippen molar-refractivity contribution in [3.8, 4) is 11.4 Å². The van der Waals surface area contributed by atoms with Crippen molar-refractivity contribution in [2.75, 3.05) is 0 Å². The molecule has 0 aliphatic rings. The van der Waals surface area contributed by atoms with Crippen LogP contribution in [0.15, 0.2) is 43.0 Å². The summed E-state index contributed by atoms with van der Waals surface area (Å²) in [6.45, 7) is -0.297. The van der Waals surface area contributed by atoms with Crippen LogP contribution in [-0.4, -0.2) is 22.9 Å². The maximum Gasteiger partial charge on any atom is 0.402 e. The first-order valence-corrected chi connectivity index (χ1v) is 6.29. The molecule has 0 saturated heterocycles. The topological polar surface area (TPSA) is 93.3 Å². The first-order valence-electron chi connectivity index (χ1n) is 4.93. The van der Waals surface area contributed by atoms with E-state index >= 15 is 0 Å². The van der Waals surface area contributed by atoms with Crippen LogP contribution in [0.2, 0.25) is 0 Å². The third kappa shape index (κ3) is 3.55. The van der Waals surface area contributed by atoms with Gasteiger partial charge in [-0.3, -0.25) is 4.55 Å². The molecule has 0 fully saturated rings. The Kier molecular flexibility index (Phi) is 3.60. The van der Waals surface area contributed by atoms with Gasteiger partial charge in [-0.15, -0.1) is 0 Å². The molecule has 0 bridgehead atoms. The molecule has 94 valence electrons. The summed E-state index contributed by atoms with van der Waals surface area (Å²) in [4.78, 5) is 8.15. The third-order valence-electron chi connectivity index (χ3n) is 2.07. The Bertz CT molecular complexity index is 613. The predicted molar refractivity (Wildman–Crippen MR) is 60.3 cm³/mol. The van der Waals surface area contributed by atoms with Crippen molar-refractivity contribution in [3.05, 3.63) is 43.0 Å². The molecule has 2 aromatic rings. The minimum absolute atomic E-state index is 0.297. The van der Waals surface area contributed by atoms with Gasteiger partial charge in [0, 0.05) is 30.1 Å². The average molecular weight is 268 g/mol. The largest absolute Gasteiger partial charge is 0.402 e. The number of hydrogen-bond acceptors (Lipinski definition) is 5. The molecule has 7 nitrogen and oxygen atoms in total. The second-order valence-electron chi connectivity index (χ2n) is 3.35. The Balaban J connectivity index is 2.11. The van der Waals surface area contributed by atoms with Crippen molar-refractivity contribution in [3.63, 3.8) is 0 Å². The Hall–Kier alpha value is -1.90. The number of nitrogens with zero attached hydrogens (tertiary/aromatic N) is 3. The normalized spacial score (nSPS) is 11.4. The zero-order valence-corrected chi connectivity index (χ0v) is 9.99. The fourth-order valence-electron chi connectivity index (χ4n) is 1.27. The SMILES string of the molecule is O=S(=O)(O)OC[n+]1ccc(-c2ncccn2)cc1. The zero-order chi connectivity index (χ0) is 13.0. The van der Waals surface area contributed by atoms with Crippen LogP contribution in [0.25, 0.3) is 11.4 Å². The molecule has 0 radical (unpaired) electrons. The third-order valence-corrected chi connectivity index (χ3v) is 2.47. The van der Waals surface area contributed by atoms with Crippen LogP contribution in [0.5, 0.6) is 0 Å². The van der Waals surface area contributed by atoms with Crippen LogP contribution in [0.3, 0.4) is 0 Å². The summed E-state index contributed by atoms with van der Waals surface area (Å²) in [5.41, 5.74) is 0.790. The molecule has 0 aliphatic heterocycles. The molecule has 2 heterocycles. The van der Waals surface area contributed by atoms with Gasteiger partial charge in [0.25, 0.3) is 6.73 Å². The van der Waals surface area contributed by atoms with E-state index in [2.05, 4.69) is 14.2 Å². The highest BCUT2D eigenvalue weighted by Crippen LogP contribution is 2.10. The molecule has 0 aromatic carbocycles. The van der Waals surface area contributed by atoms with E-state index in [1.807, 2.05) is 0 Å². The van der Waals surface area contributed by atoms with E-state index in [9.17, 15) is 8.42 Å². The maximum atomic E-state index is 10.4. The molecule has 0 aliphatic carbocycles. The standard InChI is InChI=1S/C10H9N3O4S/c14-18(15,16)17-8-13-6-2-9(3-7-13)10-11-4-1-5-12-10/h1-7H,8H2/p+1. The van der Waals surface area contributed by atoms with Crippen LogP contribution in [0.4, 0.5) is 0 Å². The summed E-state index contributed by atoms with van der Waals surface area (Å²) in [5.74, 6) is 0.570. The van der Waals surface area contributed by atoms with Gasteiger partial charge in [0.05, 0.1) is 0 Å².